The Morgan fingerprint density at radius 1 is 1.12 bits per heavy atom. The van der Waals surface area contributed by atoms with Crippen LogP contribution in [0.25, 0.3) is 11.1 Å². The number of rotatable bonds is 6. The fraction of sp³-hybridized carbons (Fsp3) is 0.480. The van der Waals surface area contributed by atoms with Crippen LogP contribution in [0.1, 0.15) is 29.5 Å². The number of nitriles is 1. The van der Waals surface area contributed by atoms with Crippen LogP contribution >= 0.6 is 0 Å². The Morgan fingerprint density at radius 3 is 2.27 bits per heavy atom. The molecule has 3 saturated heterocycles. The van der Waals surface area contributed by atoms with Crippen molar-refractivity contribution >= 4 is 5.91 Å². The molecular formula is C25H30N4O4. The number of amides is 1. The average molecular weight is 451 g/mol. The van der Waals surface area contributed by atoms with Gasteiger partial charge in [-0.15, -0.1) is 0 Å². The Bertz CT molecular complexity index is 1160. The molecule has 3 fully saturated rings. The van der Waals surface area contributed by atoms with E-state index in [9.17, 15) is 9.59 Å². The Balaban J connectivity index is 1.62. The van der Waals surface area contributed by atoms with Crippen LogP contribution in [0.4, 0.5) is 0 Å². The van der Waals surface area contributed by atoms with Crippen molar-refractivity contribution in [1.82, 2.24) is 14.4 Å². The minimum atomic E-state index is -0.0687. The molecule has 0 saturated carbocycles. The molecule has 8 nitrogen and oxygen atoms in total. The van der Waals surface area contributed by atoms with Gasteiger partial charge in [0.1, 0.15) is 17.9 Å². The molecule has 33 heavy (non-hydrogen) atoms. The number of aromatic nitrogens is 1. The number of aryl methyl sites for hydroxylation is 1. The Morgan fingerprint density at radius 2 is 1.73 bits per heavy atom. The van der Waals surface area contributed by atoms with Crippen molar-refractivity contribution in [3.63, 3.8) is 0 Å². The molecule has 2 aromatic rings. The largest absolute Gasteiger partial charge is 0.496 e. The lowest BCUT2D eigenvalue weighted by atomic mass is 9.86. The average Bonchev–Trinajstić information content (AvgIpc) is 2.80. The number of methoxy groups -OCH3 is 2. The fourth-order valence-corrected chi connectivity index (χ4v) is 5.18. The van der Waals surface area contributed by atoms with E-state index < -0.39 is 0 Å². The number of piperidine rings is 1. The summed E-state index contributed by atoms with van der Waals surface area (Å²) in [6.45, 7) is 5.97. The maximum Gasteiger partial charge on any atom is 0.253 e. The highest BCUT2D eigenvalue weighted by Gasteiger charge is 2.46. The molecule has 3 aliphatic rings. The van der Waals surface area contributed by atoms with Crippen LogP contribution in [0.2, 0.25) is 0 Å². The van der Waals surface area contributed by atoms with Crippen molar-refractivity contribution in [2.24, 2.45) is 7.05 Å². The molecule has 2 unspecified atom stereocenters. The monoisotopic (exact) mass is 450 g/mol. The third kappa shape index (κ3) is 3.98. The topological polar surface area (TPSA) is 87.8 Å². The molecule has 1 amide bonds. The third-order valence-corrected chi connectivity index (χ3v) is 7.02. The van der Waals surface area contributed by atoms with Gasteiger partial charge in [0.2, 0.25) is 5.91 Å². The molecule has 0 radical (unpaired) electrons. The highest BCUT2D eigenvalue weighted by molar-refractivity contribution is 5.80. The second-order valence-electron chi connectivity index (χ2n) is 8.94. The number of fused-ring (bicyclic) bond motifs is 2. The molecule has 0 N–H and O–H groups in total. The predicted molar refractivity (Wildman–Crippen MR) is 124 cm³/mol. The molecule has 3 aliphatic heterocycles. The first-order chi connectivity index (χ1) is 15.8. The third-order valence-electron chi connectivity index (χ3n) is 7.02. The van der Waals surface area contributed by atoms with Gasteiger partial charge in [0.25, 0.3) is 5.56 Å². The second kappa shape index (κ2) is 8.91. The molecule has 1 aromatic heterocycles. The van der Waals surface area contributed by atoms with E-state index in [-0.39, 0.29) is 30.0 Å². The number of pyridine rings is 1. The number of nitrogens with zero attached hydrogens (tertiary/aromatic N) is 4. The summed E-state index contributed by atoms with van der Waals surface area (Å²) in [4.78, 5) is 28.7. The van der Waals surface area contributed by atoms with E-state index in [4.69, 9.17) is 14.7 Å². The van der Waals surface area contributed by atoms with E-state index in [2.05, 4.69) is 4.90 Å². The quantitative estimate of drug-likeness (QED) is 0.672. The minimum absolute atomic E-state index is 0.00207. The summed E-state index contributed by atoms with van der Waals surface area (Å²) < 4.78 is 13.1. The maximum absolute atomic E-state index is 12.3. The minimum Gasteiger partial charge on any atom is -0.496 e. The first-order valence-corrected chi connectivity index (χ1v) is 11.1. The molecular weight excluding hydrogens is 420 g/mol. The van der Waals surface area contributed by atoms with Crippen LogP contribution < -0.4 is 15.0 Å². The molecule has 5 rings (SSSR count). The molecule has 8 heteroatoms. The highest BCUT2D eigenvalue weighted by atomic mass is 16.5. The Kier molecular flexibility index (Phi) is 6.17. The first kappa shape index (κ1) is 22.9. The number of benzene rings is 1. The molecule has 0 spiro atoms. The fourth-order valence-electron chi connectivity index (χ4n) is 5.18. The number of carbonyl (C=O) groups excluding carboxylic acids is 1. The zero-order valence-electron chi connectivity index (χ0n) is 19.8. The lowest BCUT2D eigenvalue weighted by Gasteiger charge is -2.56. The van der Waals surface area contributed by atoms with E-state index in [1.807, 2.05) is 43.1 Å². The van der Waals surface area contributed by atoms with Gasteiger partial charge < -0.3 is 18.9 Å². The van der Waals surface area contributed by atoms with E-state index in [0.29, 0.717) is 6.54 Å². The van der Waals surface area contributed by atoms with Gasteiger partial charge in [0.15, 0.2) is 0 Å². The number of ether oxygens (including phenoxy) is 2. The second-order valence-corrected chi connectivity index (χ2v) is 8.94. The van der Waals surface area contributed by atoms with Gasteiger partial charge in [0.05, 0.1) is 25.9 Å². The summed E-state index contributed by atoms with van der Waals surface area (Å²) in [5, 5.41) is 8.84. The van der Waals surface area contributed by atoms with Crippen molar-refractivity contribution in [3.05, 3.63) is 45.4 Å². The zero-order valence-corrected chi connectivity index (χ0v) is 19.8. The maximum atomic E-state index is 12.3. The molecule has 174 valence electrons. The van der Waals surface area contributed by atoms with Gasteiger partial charge in [-0.25, -0.2) is 0 Å². The molecule has 2 atom stereocenters. The van der Waals surface area contributed by atoms with Crippen LogP contribution in [-0.2, 0) is 18.4 Å². The van der Waals surface area contributed by atoms with Crippen LogP contribution in [0.3, 0.4) is 0 Å². The van der Waals surface area contributed by atoms with Gasteiger partial charge in [-0.1, -0.05) is 0 Å². The number of hydrogen-bond acceptors (Lipinski definition) is 6. The number of piperazine rings is 1. The molecule has 1 aromatic carbocycles. The van der Waals surface area contributed by atoms with E-state index in [1.165, 1.54) is 0 Å². The van der Waals surface area contributed by atoms with Gasteiger partial charge in [0, 0.05) is 56.1 Å². The zero-order chi connectivity index (χ0) is 23.9. The lowest BCUT2D eigenvalue weighted by molar-refractivity contribution is -0.153. The van der Waals surface area contributed by atoms with Gasteiger partial charge in [-0.2, -0.15) is 5.26 Å². The van der Waals surface area contributed by atoms with Crippen molar-refractivity contribution in [3.8, 4) is 28.7 Å². The van der Waals surface area contributed by atoms with E-state index >= 15 is 0 Å². The summed E-state index contributed by atoms with van der Waals surface area (Å²) >= 11 is 0. The van der Waals surface area contributed by atoms with Crippen LogP contribution in [-0.4, -0.2) is 59.7 Å². The Labute approximate surface area is 193 Å². The van der Waals surface area contributed by atoms with Crippen LogP contribution in [0.15, 0.2) is 23.1 Å². The van der Waals surface area contributed by atoms with Crippen molar-refractivity contribution < 1.29 is 14.3 Å². The van der Waals surface area contributed by atoms with E-state index in [0.717, 1.165) is 58.8 Å². The smallest absolute Gasteiger partial charge is 0.253 e. The van der Waals surface area contributed by atoms with Crippen LogP contribution in [0.5, 0.6) is 11.5 Å². The normalized spacial score (nSPS) is 19.6. The van der Waals surface area contributed by atoms with Gasteiger partial charge >= 0.3 is 0 Å². The highest BCUT2D eigenvalue weighted by Crippen LogP contribution is 2.39. The Hall–Kier alpha value is -3.31. The summed E-state index contributed by atoms with van der Waals surface area (Å²) in [5.74, 6) is 1.39. The molecule has 4 heterocycles. The molecule has 0 aliphatic carbocycles. The van der Waals surface area contributed by atoms with Crippen molar-refractivity contribution in [1.29, 1.82) is 5.26 Å². The number of hydrogen-bond donors (Lipinski definition) is 0. The standard InChI is InChI=1S/C25H30N4O4/c1-15-16(2)25(31)27(3)13-20(15)17-8-22(32-4)21(23(9-17)33-5)14-28-11-18-10-19(12-28)29(18)24(30)6-7-26/h8-9,13,18-19H,6,10-12,14H2,1-5H3. The summed E-state index contributed by atoms with van der Waals surface area (Å²) in [6.07, 6.45) is 2.79. The van der Waals surface area contributed by atoms with E-state index in [1.54, 1.807) is 25.8 Å². The van der Waals surface area contributed by atoms with Gasteiger partial charge in [-0.3, -0.25) is 14.5 Å². The van der Waals surface area contributed by atoms with Crippen LogP contribution in [0, 0.1) is 25.2 Å². The molecule has 2 bridgehead atoms. The number of carbonyl (C=O) groups is 1. The summed E-state index contributed by atoms with van der Waals surface area (Å²) in [7, 11) is 5.06. The SMILES string of the molecule is COc1cc(-c2cn(C)c(=O)c(C)c2C)cc(OC)c1CN1CC2CC(C1)N2C(=O)CC#N. The van der Waals surface area contributed by atoms with Crippen molar-refractivity contribution in [2.45, 2.75) is 45.3 Å². The van der Waals surface area contributed by atoms with Gasteiger partial charge in [-0.05, 0) is 43.5 Å². The summed E-state index contributed by atoms with van der Waals surface area (Å²) in [5.41, 5.74) is 4.51. The predicted octanol–water partition coefficient (Wildman–Crippen LogP) is 2.39. The van der Waals surface area contributed by atoms with Crippen molar-refractivity contribution in [2.75, 3.05) is 27.3 Å². The first-order valence-electron chi connectivity index (χ1n) is 11.1. The lowest BCUT2D eigenvalue weighted by Crippen LogP contribution is -2.69. The summed E-state index contributed by atoms with van der Waals surface area (Å²) in [6, 6.07) is 6.29.